The molecule has 0 saturated carbocycles. The predicted molar refractivity (Wildman–Crippen MR) is 103 cm³/mol. The van der Waals surface area contributed by atoms with Crippen LogP contribution in [-0.2, 0) is 17.8 Å². The van der Waals surface area contributed by atoms with Crippen LogP contribution in [0.4, 0.5) is 0 Å². The van der Waals surface area contributed by atoms with Gasteiger partial charge in [0, 0.05) is 43.4 Å². The smallest absolute Gasteiger partial charge is 0.228 e. The predicted octanol–water partition coefficient (Wildman–Crippen LogP) is 3.19. The summed E-state index contributed by atoms with van der Waals surface area (Å²) in [6.07, 6.45) is 7.77. The van der Waals surface area contributed by atoms with Crippen LogP contribution >= 0.6 is 11.6 Å². The lowest BCUT2D eigenvalue weighted by molar-refractivity contribution is -0.131. The zero-order valence-electron chi connectivity index (χ0n) is 15.1. The first kappa shape index (κ1) is 18.8. The molecular formula is C20H25ClN4O. The number of hydrogen-bond acceptors (Lipinski definition) is 4. The average Bonchev–Trinajstić information content (AvgIpc) is 3.11. The lowest BCUT2D eigenvalue weighted by Crippen LogP contribution is -2.43. The zero-order valence-corrected chi connectivity index (χ0v) is 15.9. The summed E-state index contributed by atoms with van der Waals surface area (Å²) < 4.78 is 0. The Bertz CT molecular complexity index is 708. The second kappa shape index (κ2) is 9.10. The van der Waals surface area contributed by atoms with Crippen molar-refractivity contribution in [3.63, 3.8) is 0 Å². The SMILES string of the molecule is CCN1CCCC1CN(Cc1ccncc1)C(=O)Cc1ccc(Cl)cn1. The molecule has 2 aromatic rings. The lowest BCUT2D eigenvalue weighted by Gasteiger charge is -2.30. The number of pyridine rings is 2. The van der Waals surface area contributed by atoms with Gasteiger partial charge in [-0.25, -0.2) is 0 Å². The van der Waals surface area contributed by atoms with E-state index in [1.54, 1.807) is 24.7 Å². The van der Waals surface area contributed by atoms with Crippen molar-refractivity contribution >= 4 is 17.5 Å². The van der Waals surface area contributed by atoms with Gasteiger partial charge in [0.25, 0.3) is 0 Å². The van der Waals surface area contributed by atoms with Crippen molar-refractivity contribution < 1.29 is 4.79 Å². The van der Waals surface area contributed by atoms with Gasteiger partial charge in [0.15, 0.2) is 0 Å². The van der Waals surface area contributed by atoms with E-state index in [0.717, 1.165) is 37.3 Å². The number of halogens is 1. The molecule has 26 heavy (non-hydrogen) atoms. The quantitative estimate of drug-likeness (QED) is 0.749. The van der Waals surface area contributed by atoms with Crippen LogP contribution in [0.2, 0.25) is 5.02 Å². The maximum absolute atomic E-state index is 13.0. The molecule has 0 N–H and O–H groups in total. The van der Waals surface area contributed by atoms with Crippen molar-refractivity contribution in [3.8, 4) is 0 Å². The molecule has 1 aliphatic rings. The highest BCUT2D eigenvalue weighted by Gasteiger charge is 2.27. The van der Waals surface area contributed by atoms with Crippen molar-refractivity contribution in [2.45, 2.75) is 38.8 Å². The number of amides is 1. The van der Waals surface area contributed by atoms with E-state index in [0.29, 0.717) is 24.0 Å². The fraction of sp³-hybridized carbons (Fsp3) is 0.450. The van der Waals surface area contributed by atoms with Crippen LogP contribution in [0, 0.1) is 0 Å². The van der Waals surface area contributed by atoms with Crippen LogP contribution in [0.1, 0.15) is 31.0 Å². The van der Waals surface area contributed by atoms with Gasteiger partial charge in [0.2, 0.25) is 5.91 Å². The standard InChI is InChI=1S/C20H25ClN4O/c1-2-24-11-3-4-19(24)15-25(14-16-7-9-22-10-8-16)20(26)12-18-6-5-17(21)13-23-18/h5-10,13,19H,2-4,11-12,14-15H2,1H3. The van der Waals surface area contributed by atoms with Crippen LogP contribution in [0.3, 0.4) is 0 Å². The maximum atomic E-state index is 13.0. The summed E-state index contributed by atoms with van der Waals surface area (Å²) in [5.41, 5.74) is 1.84. The first-order valence-electron chi connectivity index (χ1n) is 9.17. The van der Waals surface area contributed by atoms with Crippen molar-refractivity contribution in [3.05, 3.63) is 59.1 Å². The van der Waals surface area contributed by atoms with Gasteiger partial charge in [-0.05, 0) is 55.8 Å². The number of aromatic nitrogens is 2. The second-order valence-electron chi connectivity index (χ2n) is 6.70. The van der Waals surface area contributed by atoms with E-state index in [4.69, 9.17) is 11.6 Å². The highest BCUT2D eigenvalue weighted by Crippen LogP contribution is 2.19. The Kier molecular flexibility index (Phi) is 6.58. The molecule has 0 aromatic carbocycles. The highest BCUT2D eigenvalue weighted by molar-refractivity contribution is 6.30. The van der Waals surface area contributed by atoms with E-state index in [1.165, 1.54) is 6.42 Å². The fourth-order valence-electron chi connectivity index (χ4n) is 3.51. The van der Waals surface area contributed by atoms with E-state index < -0.39 is 0 Å². The number of nitrogens with zero attached hydrogens (tertiary/aromatic N) is 4. The van der Waals surface area contributed by atoms with Crippen LogP contribution < -0.4 is 0 Å². The van der Waals surface area contributed by atoms with E-state index >= 15 is 0 Å². The average molecular weight is 373 g/mol. The topological polar surface area (TPSA) is 49.3 Å². The summed E-state index contributed by atoms with van der Waals surface area (Å²) in [6, 6.07) is 7.96. The monoisotopic (exact) mass is 372 g/mol. The number of carbonyl (C=O) groups is 1. The second-order valence-corrected chi connectivity index (χ2v) is 7.14. The number of likely N-dealkylation sites (N-methyl/N-ethyl adjacent to an activating group) is 1. The molecule has 0 spiro atoms. The summed E-state index contributed by atoms with van der Waals surface area (Å²) in [4.78, 5) is 25.8. The Morgan fingerprint density at radius 2 is 2.12 bits per heavy atom. The first-order valence-corrected chi connectivity index (χ1v) is 9.54. The van der Waals surface area contributed by atoms with Gasteiger partial charge in [-0.3, -0.25) is 19.7 Å². The molecule has 2 aromatic heterocycles. The zero-order chi connectivity index (χ0) is 18.4. The number of rotatable bonds is 7. The molecule has 138 valence electrons. The van der Waals surface area contributed by atoms with E-state index in [-0.39, 0.29) is 5.91 Å². The minimum Gasteiger partial charge on any atom is -0.336 e. The summed E-state index contributed by atoms with van der Waals surface area (Å²) >= 11 is 5.89. The molecule has 1 aliphatic heterocycles. The normalized spacial score (nSPS) is 17.4. The summed E-state index contributed by atoms with van der Waals surface area (Å²) in [5.74, 6) is 0.0968. The van der Waals surface area contributed by atoms with Crippen LogP contribution in [0.15, 0.2) is 42.9 Å². The van der Waals surface area contributed by atoms with Crippen LogP contribution in [0.5, 0.6) is 0 Å². The minimum absolute atomic E-state index is 0.0968. The first-order chi connectivity index (χ1) is 12.7. The van der Waals surface area contributed by atoms with Crippen molar-refractivity contribution in [1.29, 1.82) is 0 Å². The maximum Gasteiger partial charge on any atom is 0.228 e. The summed E-state index contributed by atoms with van der Waals surface area (Å²) in [5, 5.41) is 0.583. The van der Waals surface area contributed by atoms with Gasteiger partial charge in [0.1, 0.15) is 0 Å². The third-order valence-electron chi connectivity index (χ3n) is 4.93. The third kappa shape index (κ3) is 5.02. The summed E-state index contributed by atoms with van der Waals surface area (Å²) in [6.45, 7) is 5.69. The van der Waals surface area contributed by atoms with Gasteiger partial charge >= 0.3 is 0 Å². The Morgan fingerprint density at radius 1 is 1.31 bits per heavy atom. The molecule has 0 aliphatic carbocycles. The van der Waals surface area contributed by atoms with Crippen molar-refractivity contribution in [2.75, 3.05) is 19.6 Å². The molecule has 0 bridgehead atoms. The molecule has 1 fully saturated rings. The summed E-state index contributed by atoms with van der Waals surface area (Å²) in [7, 11) is 0. The fourth-order valence-corrected chi connectivity index (χ4v) is 3.63. The minimum atomic E-state index is 0.0968. The third-order valence-corrected chi connectivity index (χ3v) is 5.16. The van der Waals surface area contributed by atoms with Crippen molar-refractivity contribution in [2.24, 2.45) is 0 Å². The van der Waals surface area contributed by atoms with Gasteiger partial charge in [-0.1, -0.05) is 18.5 Å². The van der Waals surface area contributed by atoms with E-state index in [1.807, 2.05) is 23.1 Å². The highest BCUT2D eigenvalue weighted by atomic mass is 35.5. The molecule has 1 saturated heterocycles. The molecule has 3 heterocycles. The largest absolute Gasteiger partial charge is 0.336 e. The Hall–Kier alpha value is -1.98. The van der Waals surface area contributed by atoms with Gasteiger partial charge in [-0.2, -0.15) is 0 Å². The van der Waals surface area contributed by atoms with Crippen molar-refractivity contribution in [1.82, 2.24) is 19.8 Å². The van der Waals surface area contributed by atoms with E-state index in [2.05, 4.69) is 21.8 Å². The molecular weight excluding hydrogens is 348 g/mol. The Labute approximate surface area is 160 Å². The molecule has 5 nitrogen and oxygen atoms in total. The molecule has 6 heteroatoms. The van der Waals surface area contributed by atoms with Gasteiger partial charge in [-0.15, -0.1) is 0 Å². The molecule has 1 unspecified atom stereocenters. The van der Waals surface area contributed by atoms with Crippen LogP contribution in [-0.4, -0.2) is 51.4 Å². The Morgan fingerprint density at radius 3 is 2.81 bits per heavy atom. The number of carbonyl (C=O) groups excluding carboxylic acids is 1. The molecule has 1 atom stereocenters. The molecule has 1 amide bonds. The van der Waals surface area contributed by atoms with Crippen LogP contribution in [0.25, 0.3) is 0 Å². The lowest BCUT2D eigenvalue weighted by atomic mass is 10.1. The van der Waals surface area contributed by atoms with E-state index in [9.17, 15) is 4.79 Å². The Balaban J connectivity index is 1.72. The van der Waals surface area contributed by atoms with Gasteiger partial charge in [0.05, 0.1) is 11.4 Å². The number of hydrogen-bond donors (Lipinski definition) is 0. The van der Waals surface area contributed by atoms with Gasteiger partial charge < -0.3 is 4.90 Å². The number of likely N-dealkylation sites (tertiary alicyclic amines) is 1. The molecule has 0 radical (unpaired) electrons. The molecule has 3 rings (SSSR count).